The van der Waals surface area contributed by atoms with Gasteiger partial charge in [0.05, 0.1) is 25.3 Å². The van der Waals surface area contributed by atoms with Crippen LogP contribution in [0.25, 0.3) is 17.3 Å². The summed E-state index contributed by atoms with van der Waals surface area (Å²) in [5.41, 5.74) is 1.75. The second kappa shape index (κ2) is 8.45. The van der Waals surface area contributed by atoms with E-state index >= 15 is 0 Å². The summed E-state index contributed by atoms with van der Waals surface area (Å²) in [6.45, 7) is 2.01. The molecule has 25 heavy (non-hydrogen) atoms. The van der Waals surface area contributed by atoms with E-state index in [0.717, 1.165) is 5.56 Å². The number of carboxylic acid groups (broad SMARTS) is 1. The number of carbonyl (C=O) groups excluding carboxylic acids is 1. The summed E-state index contributed by atoms with van der Waals surface area (Å²) >= 11 is 0. The SMILES string of the molecule is CCOC(=O)C(C#N)=Cc1cn(CCC(=O)O)nc1-c1ccccc1. The molecule has 0 fully saturated rings. The van der Waals surface area contributed by atoms with E-state index in [4.69, 9.17) is 9.84 Å². The van der Waals surface area contributed by atoms with E-state index in [0.29, 0.717) is 11.3 Å². The van der Waals surface area contributed by atoms with E-state index in [1.807, 2.05) is 36.4 Å². The summed E-state index contributed by atoms with van der Waals surface area (Å²) in [6, 6.07) is 11.1. The zero-order valence-corrected chi connectivity index (χ0v) is 13.7. The van der Waals surface area contributed by atoms with Crippen molar-refractivity contribution < 1.29 is 19.4 Å². The van der Waals surface area contributed by atoms with Crippen molar-refractivity contribution in [3.63, 3.8) is 0 Å². The predicted molar refractivity (Wildman–Crippen MR) is 90.1 cm³/mol. The Morgan fingerprint density at radius 2 is 2.08 bits per heavy atom. The maximum atomic E-state index is 11.8. The van der Waals surface area contributed by atoms with Gasteiger partial charge in [-0.3, -0.25) is 9.48 Å². The van der Waals surface area contributed by atoms with E-state index in [-0.39, 0.29) is 25.1 Å². The van der Waals surface area contributed by atoms with Gasteiger partial charge in [-0.15, -0.1) is 0 Å². The molecule has 7 nitrogen and oxygen atoms in total. The molecule has 2 rings (SSSR count). The molecular weight excluding hydrogens is 322 g/mol. The van der Waals surface area contributed by atoms with E-state index in [1.165, 1.54) is 10.8 Å². The lowest BCUT2D eigenvalue weighted by Crippen LogP contribution is -2.06. The van der Waals surface area contributed by atoms with Gasteiger partial charge in [0.15, 0.2) is 0 Å². The fraction of sp³-hybridized carbons (Fsp3) is 0.222. The molecule has 2 aromatic rings. The Labute approximate surface area is 144 Å². The van der Waals surface area contributed by atoms with Crippen LogP contribution in [0.1, 0.15) is 18.9 Å². The Bertz CT molecular complexity index is 832. The molecule has 0 spiro atoms. The van der Waals surface area contributed by atoms with Crippen LogP contribution in [0.4, 0.5) is 0 Å². The number of aromatic nitrogens is 2. The van der Waals surface area contributed by atoms with Gasteiger partial charge in [0, 0.05) is 17.3 Å². The summed E-state index contributed by atoms with van der Waals surface area (Å²) in [5.74, 6) is -1.64. The highest BCUT2D eigenvalue weighted by molar-refractivity contribution is 5.98. The highest BCUT2D eigenvalue weighted by atomic mass is 16.5. The molecule has 0 saturated heterocycles. The maximum absolute atomic E-state index is 11.8. The van der Waals surface area contributed by atoms with Gasteiger partial charge < -0.3 is 9.84 Å². The molecule has 1 aromatic heterocycles. The minimum Gasteiger partial charge on any atom is -0.481 e. The number of carbonyl (C=O) groups is 2. The Balaban J connectivity index is 2.45. The molecule has 0 aliphatic carbocycles. The number of carboxylic acids is 1. The average Bonchev–Trinajstić information content (AvgIpc) is 3.01. The van der Waals surface area contributed by atoms with Crippen LogP contribution in [-0.4, -0.2) is 33.4 Å². The lowest BCUT2D eigenvalue weighted by Gasteiger charge is -2.01. The first-order chi connectivity index (χ1) is 12.0. The largest absolute Gasteiger partial charge is 0.481 e. The average molecular weight is 339 g/mol. The molecule has 0 atom stereocenters. The highest BCUT2D eigenvalue weighted by Crippen LogP contribution is 2.24. The summed E-state index contributed by atoms with van der Waals surface area (Å²) in [7, 11) is 0. The Kier molecular flexibility index (Phi) is 6.07. The number of hydrogen-bond donors (Lipinski definition) is 1. The third kappa shape index (κ3) is 4.78. The van der Waals surface area contributed by atoms with Gasteiger partial charge >= 0.3 is 11.9 Å². The molecule has 0 amide bonds. The molecule has 0 aliphatic heterocycles. The van der Waals surface area contributed by atoms with Crippen LogP contribution >= 0.6 is 0 Å². The van der Waals surface area contributed by atoms with Crippen molar-refractivity contribution in [1.29, 1.82) is 5.26 Å². The van der Waals surface area contributed by atoms with Crippen LogP contribution in [0, 0.1) is 11.3 Å². The monoisotopic (exact) mass is 339 g/mol. The van der Waals surface area contributed by atoms with Gasteiger partial charge in [-0.25, -0.2) is 4.79 Å². The van der Waals surface area contributed by atoms with Crippen molar-refractivity contribution in [2.75, 3.05) is 6.61 Å². The van der Waals surface area contributed by atoms with E-state index in [2.05, 4.69) is 5.10 Å². The van der Waals surface area contributed by atoms with E-state index < -0.39 is 11.9 Å². The van der Waals surface area contributed by atoms with Crippen molar-refractivity contribution >= 4 is 18.0 Å². The second-order valence-corrected chi connectivity index (χ2v) is 5.10. The van der Waals surface area contributed by atoms with E-state index in [1.54, 1.807) is 13.1 Å². The molecule has 0 aliphatic rings. The number of benzene rings is 1. The van der Waals surface area contributed by atoms with Gasteiger partial charge in [-0.1, -0.05) is 30.3 Å². The molecule has 128 valence electrons. The summed E-state index contributed by atoms with van der Waals surface area (Å²) in [4.78, 5) is 22.6. The Hall–Kier alpha value is -3.40. The number of hydrogen-bond acceptors (Lipinski definition) is 5. The fourth-order valence-electron chi connectivity index (χ4n) is 2.19. The van der Waals surface area contributed by atoms with E-state index in [9.17, 15) is 14.9 Å². The van der Waals surface area contributed by atoms with Gasteiger partial charge in [0.1, 0.15) is 11.6 Å². The van der Waals surface area contributed by atoms with Crippen LogP contribution < -0.4 is 0 Å². The van der Waals surface area contributed by atoms with Gasteiger partial charge in [-0.2, -0.15) is 10.4 Å². The number of nitrogens with zero attached hydrogens (tertiary/aromatic N) is 3. The van der Waals surface area contributed by atoms with Crippen molar-refractivity contribution in [3.05, 3.63) is 47.7 Å². The first kappa shape index (κ1) is 17.9. The first-order valence-corrected chi connectivity index (χ1v) is 7.68. The second-order valence-electron chi connectivity index (χ2n) is 5.10. The van der Waals surface area contributed by atoms with Crippen LogP contribution in [-0.2, 0) is 20.9 Å². The molecule has 0 bridgehead atoms. The number of esters is 1. The first-order valence-electron chi connectivity index (χ1n) is 7.68. The maximum Gasteiger partial charge on any atom is 0.348 e. The van der Waals surface area contributed by atoms with Crippen molar-refractivity contribution in [3.8, 4) is 17.3 Å². The minimum absolute atomic E-state index is 0.0813. The molecular formula is C18H17N3O4. The third-order valence-electron chi connectivity index (χ3n) is 3.31. The summed E-state index contributed by atoms with van der Waals surface area (Å²) in [6.07, 6.45) is 2.94. The molecule has 0 unspecified atom stereocenters. The van der Waals surface area contributed by atoms with Crippen molar-refractivity contribution in [2.24, 2.45) is 0 Å². The number of rotatable bonds is 7. The molecule has 0 saturated carbocycles. The zero-order valence-electron chi connectivity index (χ0n) is 13.7. The lowest BCUT2D eigenvalue weighted by atomic mass is 10.1. The van der Waals surface area contributed by atoms with Gasteiger partial charge in [-0.05, 0) is 13.0 Å². The van der Waals surface area contributed by atoms with Crippen LogP contribution in [0.2, 0.25) is 0 Å². The zero-order chi connectivity index (χ0) is 18.2. The third-order valence-corrected chi connectivity index (χ3v) is 3.31. The fourth-order valence-corrected chi connectivity index (χ4v) is 2.19. The van der Waals surface area contributed by atoms with Gasteiger partial charge in [0.25, 0.3) is 0 Å². The predicted octanol–water partition coefficient (Wildman–Crippen LogP) is 2.49. The molecule has 1 N–H and O–H groups in total. The molecule has 1 heterocycles. The number of aryl methyl sites for hydroxylation is 1. The Morgan fingerprint density at radius 1 is 1.36 bits per heavy atom. The molecule has 7 heteroatoms. The standard InChI is InChI=1S/C18H17N3O4/c1-2-25-18(24)14(11-19)10-15-12-21(9-8-16(22)23)20-17(15)13-6-4-3-5-7-13/h3-7,10,12H,2,8-9H2,1H3,(H,22,23). The smallest absolute Gasteiger partial charge is 0.348 e. The van der Waals surface area contributed by atoms with Crippen LogP contribution in [0.15, 0.2) is 42.1 Å². The molecule has 1 aromatic carbocycles. The van der Waals surface area contributed by atoms with Crippen molar-refractivity contribution in [2.45, 2.75) is 19.9 Å². The number of nitriles is 1. The topological polar surface area (TPSA) is 105 Å². The Morgan fingerprint density at radius 3 is 2.68 bits per heavy atom. The van der Waals surface area contributed by atoms with Crippen LogP contribution in [0.3, 0.4) is 0 Å². The number of ether oxygens (including phenoxy) is 1. The van der Waals surface area contributed by atoms with Crippen molar-refractivity contribution in [1.82, 2.24) is 9.78 Å². The normalized spacial score (nSPS) is 11.0. The van der Waals surface area contributed by atoms with Gasteiger partial charge in [0.2, 0.25) is 0 Å². The summed E-state index contributed by atoms with van der Waals surface area (Å²) in [5, 5.41) is 22.4. The molecule has 0 radical (unpaired) electrons. The summed E-state index contributed by atoms with van der Waals surface area (Å²) < 4.78 is 6.35. The quantitative estimate of drug-likeness (QED) is 0.472. The highest BCUT2D eigenvalue weighted by Gasteiger charge is 2.15. The number of aliphatic carboxylic acids is 1. The van der Waals surface area contributed by atoms with Crippen LogP contribution in [0.5, 0.6) is 0 Å². The lowest BCUT2D eigenvalue weighted by molar-refractivity contribution is -0.138. The minimum atomic E-state index is -0.932.